The van der Waals surface area contributed by atoms with Crippen LogP contribution in [0.25, 0.3) is 5.65 Å². The van der Waals surface area contributed by atoms with Gasteiger partial charge in [-0.15, -0.1) is 5.10 Å². The van der Waals surface area contributed by atoms with Gasteiger partial charge in [-0.25, -0.2) is 9.89 Å². The number of benzene rings is 1. The van der Waals surface area contributed by atoms with E-state index in [4.69, 9.17) is 4.74 Å². The first-order valence-electron chi connectivity index (χ1n) is 6.07. The van der Waals surface area contributed by atoms with Gasteiger partial charge in [0.05, 0.1) is 7.11 Å². The molecule has 102 valence electrons. The Balaban J connectivity index is 1.75. The molecule has 3 aromatic rings. The number of fused-ring (bicyclic) bond motifs is 1. The second kappa shape index (κ2) is 5.04. The van der Waals surface area contributed by atoms with Crippen molar-refractivity contribution < 1.29 is 4.74 Å². The Morgan fingerprint density at radius 3 is 2.80 bits per heavy atom. The van der Waals surface area contributed by atoms with Crippen LogP contribution < -0.4 is 15.7 Å². The summed E-state index contributed by atoms with van der Waals surface area (Å²) in [6.07, 6.45) is 0. The van der Waals surface area contributed by atoms with Crippen LogP contribution in [0.3, 0.4) is 0 Å². The topological polar surface area (TPSA) is 84.3 Å². The maximum absolute atomic E-state index is 11.4. The van der Waals surface area contributed by atoms with Gasteiger partial charge in [0.1, 0.15) is 11.6 Å². The Kier molecular flexibility index (Phi) is 3.08. The lowest BCUT2D eigenvalue weighted by atomic mass is 10.2. The summed E-state index contributed by atoms with van der Waals surface area (Å²) < 4.78 is 6.32. The molecule has 0 atom stereocenters. The van der Waals surface area contributed by atoms with E-state index in [9.17, 15) is 4.79 Å². The third kappa shape index (κ3) is 2.33. The first-order chi connectivity index (χ1) is 9.76. The second-order valence-corrected chi connectivity index (χ2v) is 4.22. The Labute approximate surface area is 114 Å². The van der Waals surface area contributed by atoms with Crippen LogP contribution >= 0.6 is 0 Å². The number of aromatic nitrogens is 4. The fourth-order valence-electron chi connectivity index (χ4n) is 1.83. The van der Waals surface area contributed by atoms with Gasteiger partial charge in [-0.1, -0.05) is 12.1 Å². The molecule has 0 aliphatic heterocycles. The van der Waals surface area contributed by atoms with E-state index < -0.39 is 0 Å². The fraction of sp³-hybridized carbons (Fsp3) is 0.154. The lowest BCUT2D eigenvalue weighted by molar-refractivity contribution is 0.414. The highest BCUT2D eigenvalue weighted by molar-refractivity contribution is 5.43. The number of anilines is 1. The summed E-state index contributed by atoms with van der Waals surface area (Å²) in [5.41, 5.74) is 1.23. The van der Waals surface area contributed by atoms with Crippen molar-refractivity contribution in [2.24, 2.45) is 0 Å². The van der Waals surface area contributed by atoms with Gasteiger partial charge >= 0.3 is 5.69 Å². The molecule has 0 saturated carbocycles. The highest BCUT2D eigenvalue weighted by Gasteiger charge is 2.02. The van der Waals surface area contributed by atoms with Crippen molar-refractivity contribution in [2.45, 2.75) is 6.54 Å². The largest absolute Gasteiger partial charge is 0.497 e. The summed E-state index contributed by atoms with van der Waals surface area (Å²) in [4.78, 5) is 11.4. The average Bonchev–Trinajstić information content (AvgIpc) is 2.87. The summed E-state index contributed by atoms with van der Waals surface area (Å²) in [5.74, 6) is 1.43. The molecular formula is C13H13N5O2. The standard InChI is InChI=1S/C13H13N5O2/c1-20-10-4-2-9(3-5-10)8-14-11-6-7-12-15-16-13(19)18(12)17-11/h2-7H,8H2,1H3,(H,14,17)(H,16,19). The first kappa shape index (κ1) is 12.2. The molecular weight excluding hydrogens is 258 g/mol. The van der Waals surface area contributed by atoms with Gasteiger partial charge in [0.25, 0.3) is 0 Å². The van der Waals surface area contributed by atoms with Crippen molar-refractivity contribution >= 4 is 11.5 Å². The number of H-pyrrole nitrogens is 1. The van der Waals surface area contributed by atoms with E-state index >= 15 is 0 Å². The normalized spacial score (nSPS) is 10.7. The summed E-state index contributed by atoms with van der Waals surface area (Å²) in [6.45, 7) is 0.606. The van der Waals surface area contributed by atoms with Crippen molar-refractivity contribution in [1.82, 2.24) is 19.8 Å². The Morgan fingerprint density at radius 1 is 1.25 bits per heavy atom. The minimum Gasteiger partial charge on any atom is -0.497 e. The number of rotatable bonds is 4. The van der Waals surface area contributed by atoms with Crippen LogP contribution in [0.1, 0.15) is 5.56 Å². The number of hydrogen-bond acceptors (Lipinski definition) is 5. The minimum absolute atomic E-state index is 0.354. The molecule has 2 heterocycles. The smallest absolute Gasteiger partial charge is 0.364 e. The molecule has 0 spiro atoms. The zero-order chi connectivity index (χ0) is 13.9. The molecule has 20 heavy (non-hydrogen) atoms. The van der Waals surface area contributed by atoms with Crippen LogP contribution in [0, 0.1) is 0 Å². The lowest BCUT2D eigenvalue weighted by Crippen LogP contribution is -2.13. The van der Waals surface area contributed by atoms with Crippen molar-refractivity contribution in [2.75, 3.05) is 12.4 Å². The predicted molar refractivity (Wildman–Crippen MR) is 73.9 cm³/mol. The van der Waals surface area contributed by atoms with Gasteiger partial charge in [-0.05, 0) is 29.8 Å². The number of methoxy groups -OCH3 is 1. The van der Waals surface area contributed by atoms with Crippen LogP contribution in [0.2, 0.25) is 0 Å². The van der Waals surface area contributed by atoms with Crippen LogP contribution in [-0.2, 0) is 6.54 Å². The minimum atomic E-state index is -0.354. The molecule has 0 fully saturated rings. The Morgan fingerprint density at radius 2 is 2.05 bits per heavy atom. The molecule has 0 aliphatic rings. The van der Waals surface area contributed by atoms with E-state index in [-0.39, 0.29) is 5.69 Å². The number of nitrogens with zero attached hydrogens (tertiary/aromatic N) is 3. The van der Waals surface area contributed by atoms with Crippen LogP contribution in [0.15, 0.2) is 41.2 Å². The zero-order valence-corrected chi connectivity index (χ0v) is 10.8. The van der Waals surface area contributed by atoms with E-state index in [0.717, 1.165) is 11.3 Å². The van der Waals surface area contributed by atoms with E-state index in [1.54, 1.807) is 19.2 Å². The van der Waals surface area contributed by atoms with E-state index in [2.05, 4.69) is 20.6 Å². The molecule has 0 unspecified atom stereocenters. The molecule has 0 radical (unpaired) electrons. The van der Waals surface area contributed by atoms with Gasteiger partial charge in [-0.2, -0.15) is 9.61 Å². The van der Waals surface area contributed by atoms with Crippen molar-refractivity contribution in [3.05, 3.63) is 52.4 Å². The number of ether oxygens (including phenoxy) is 1. The van der Waals surface area contributed by atoms with Gasteiger partial charge in [0.2, 0.25) is 0 Å². The lowest BCUT2D eigenvalue weighted by Gasteiger charge is -2.06. The van der Waals surface area contributed by atoms with Crippen molar-refractivity contribution in [3.63, 3.8) is 0 Å². The fourth-order valence-corrected chi connectivity index (χ4v) is 1.83. The molecule has 7 nitrogen and oxygen atoms in total. The van der Waals surface area contributed by atoms with Gasteiger partial charge in [-0.3, -0.25) is 0 Å². The number of nitrogens with one attached hydrogen (secondary N) is 2. The molecule has 0 bridgehead atoms. The van der Waals surface area contributed by atoms with Crippen molar-refractivity contribution in [3.8, 4) is 5.75 Å². The monoisotopic (exact) mass is 271 g/mol. The van der Waals surface area contributed by atoms with Crippen LogP contribution in [0.4, 0.5) is 5.82 Å². The molecule has 2 aromatic heterocycles. The van der Waals surface area contributed by atoms with Gasteiger partial charge in [0.15, 0.2) is 5.65 Å². The third-order valence-electron chi connectivity index (χ3n) is 2.91. The number of hydrogen-bond donors (Lipinski definition) is 2. The van der Waals surface area contributed by atoms with Crippen LogP contribution in [0.5, 0.6) is 5.75 Å². The van der Waals surface area contributed by atoms with E-state index in [1.165, 1.54) is 4.52 Å². The zero-order valence-electron chi connectivity index (χ0n) is 10.8. The highest BCUT2D eigenvalue weighted by Crippen LogP contribution is 2.12. The van der Waals surface area contributed by atoms with Gasteiger partial charge < -0.3 is 10.1 Å². The summed E-state index contributed by atoms with van der Waals surface area (Å²) in [6, 6.07) is 11.2. The highest BCUT2D eigenvalue weighted by atomic mass is 16.5. The van der Waals surface area contributed by atoms with Crippen LogP contribution in [-0.4, -0.2) is 26.9 Å². The third-order valence-corrected chi connectivity index (χ3v) is 2.91. The van der Waals surface area contributed by atoms with E-state index in [1.807, 2.05) is 24.3 Å². The average molecular weight is 271 g/mol. The number of aromatic amines is 1. The maximum atomic E-state index is 11.4. The molecule has 3 rings (SSSR count). The quantitative estimate of drug-likeness (QED) is 0.740. The summed E-state index contributed by atoms with van der Waals surface area (Å²) in [7, 11) is 1.63. The molecule has 7 heteroatoms. The molecule has 2 N–H and O–H groups in total. The van der Waals surface area contributed by atoms with Crippen molar-refractivity contribution in [1.29, 1.82) is 0 Å². The summed E-state index contributed by atoms with van der Waals surface area (Å²) >= 11 is 0. The van der Waals surface area contributed by atoms with E-state index in [0.29, 0.717) is 18.0 Å². The van der Waals surface area contributed by atoms with Gasteiger partial charge in [0, 0.05) is 6.54 Å². The summed E-state index contributed by atoms with van der Waals surface area (Å²) in [5, 5.41) is 13.5. The molecule has 0 amide bonds. The molecule has 0 saturated heterocycles. The second-order valence-electron chi connectivity index (χ2n) is 4.22. The molecule has 0 aliphatic carbocycles. The predicted octanol–water partition coefficient (Wildman–Crippen LogP) is 1.04. The Bertz CT molecular complexity index is 775. The maximum Gasteiger partial charge on any atom is 0.364 e. The Hall–Kier alpha value is -2.83. The molecule has 1 aromatic carbocycles. The first-order valence-corrected chi connectivity index (χ1v) is 6.07. The SMILES string of the molecule is COc1ccc(CNc2ccc3n[nH]c(=O)n3n2)cc1.